The third-order valence-corrected chi connectivity index (χ3v) is 6.75. The van der Waals surface area contributed by atoms with Crippen molar-refractivity contribution in [2.24, 2.45) is 0 Å². The Morgan fingerprint density at radius 2 is 1.79 bits per heavy atom. The third-order valence-electron chi connectivity index (χ3n) is 4.84. The van der Waals surface area contributed by atoms with Crippen molar-refractivity contribution in [1.29, 1.82) is 0 Å². The van der Waals surface area contributed by atoms with E-state index < -0.39 is 32.7 Å². The fourth-order valence-electron chi connectivity index (χ4n) is 3.22. The molecule has 3 rings (SSSR count). The quantitative estimate of drug-likeness (QED) is 0.734. The van der Waals surface area contributed by atoms with Crippen molar-refractivity contribution in [2.75, 3.05) is 39.3 Å². The normalized spacial score (nSPS) is 17.2. The molecule has 0 aliphatic carbocycles. The summed E-state index contributed by atoms with van der Waals surface area (Å²) in [4.78, 5) is 1.26. The molecule has 1 saturated heterocycles. The van der Waals surface area contributed by atoms with Crippen LogP contribution in [-0.4, -0.2) is 68.2 Å². The van der Waals surface area contributed by atoms with E-state index in [1.54, 1.807) is 0 Å². The lowest BCUT2D eigenvalue weighted by molar-refractivity contribution is 0.0567. The molecule has 0 aromatic heterocycles. The molecule has 0 radical (unpaired) electrons. The van der Waals surface area contributed by atoms with E-state index in [1.165, 1.54) is 0 Å². The number of nitrogens with zero attached hydrogens (tertiary/aromatic N) is 2. The molecule has 2 aromatic rings. The highest BCUT2D eigenvalue weighted by Gasteiger charge is 2.31. The average molecular weight is 426 g/mol. The molecule has 0 bridgehead atoms. The fraction of sp³-hybridized carbons (Fsp3) is 0.400. The van der Waals surface area contributed by atoms with Gasteiger partial charge in [0.2, 0.25) is 10.0 Å². The third kappa shape index (κ3) is 5.30. The first kappa shape index (κ1) is 21.6. The van der Waals surface area contributed by atoms with Gasteiger partial charge >= 0.3 is 0 Å². The molecular weight excluding hydrogens is 402 g/mol. The number of benzene rings is 2. The first-order valence-electron chi connectivity index (χ1n) is 9.31. The van der Waals surface area contributed by atoms with Gasteiger partial charge in [0.25, 0.3) is 0 Å². The zero-order chi connectivity index (χ0) is 21.0. The highest BCUT2D eigenvalue weighted by atomic mass is 32.2. The molecule has 0 spiro atoms. The number of rotatable bonds is 7. The summed E-state index contributed by atoms with van der Waals surface area (Å²) in [6, 6.07) is 9.90. The van der Waals surface area contributed by atoms with Gasteiger partial charge in [-0.15, -0.1) is 0 Å². The molecule has 0 amide bonds. The Hall–Kier alpha value is -2.07. The summed E-state index contributed by atoms with van der Waals surface area (Å²) in [6.07, 6.45) is -0.738. The predicted molar refractivity (Wildman–Crippen MR) is 104 cm³/mol. The number of sulfonamides is 1. The fourth-order valence-corrected chi connectivity index (χ4v) is 4.72. The molecule has 9 heteroatoms. The number of aryl methyl sites for hydroxylation is 1. The molecular formula is C20H24F2N2O4S. The molecule has 2 aromatic carbocycles. The maximum absolute atomic E-state index is 13.9. The Balaban J connectivity index is 1.52. The number of aliphatic hydroxyl groups excluding tert-OH is 1. The molecule has 29 heavy (non-hydrogen) atoms. The largest absolute Gasteiger partial charge is 0.491 e. The van der Waals surface area contributed by atoms with Crippen LogP contribution in [0.4, 0.5) is 8.78 Å². The Morgan fingerprint density at radius 3 is 2.48 bits per heavy atom. The van der Waals surface area contributed by atoms with Crippen LogP contribution in [-0.2, 0) is 10.0 Å². The van der Waals surface area contributed by atoms with Crippen LogP contribution in [0.5, 0.6) is 5.75 Å². The van der Waals surface area contributed by atoms with Crippen LogP contribution in [0.3, 0.4) is 0 Å². The van der Waals surface area contributed by atoms with Gasteiger partial charge in [0.1, 0.15) is 35.0 Å². The first-order valence-corrected chi connectivity index (χ1v) is 10.8. The maximum atomic E-state index is 13.9. The van der Waals surface area contributed by atoms with Gasteiger partial charge in [0.15, 0.2) is 0 Å². The number of hydrogen-bond donors (Lipinski definition) is 1. The Kier molecular flexibility index (Phi) is 6.84. The van der Waals surface area contributed by atoms with Crippen LogP contribution < -0.4 is 4.74 Å². The topological polar surface area (TPSA) is 70.1 Å². The minimum Gasteiger partial charge on any atom is -0.491 e. The smallest absolute Gasteiger partial charge is 0.246 e. The van der Waals surface area contributed by atoms with Crippen LogP contribution in [0.25, 0.3) is 0 Å². The van der Waals surface area contributed by atoms with Crippen molar-refractivity contribution in [2.45, 2.75) is 17.9 Å². The molecule has 0 saturated carbocycles. The molecule has 1 heterocycles. The van der Waals surface area contributed by atoms with Gasteiger partial charge < -0.3 is 9.84 Å². The zero-order valence-electron chi connectivity index (χ0n) is 16.1. The minimum atomic E-state index is -4.11. The lowest BCUT2D eigenvalue weighted by atomic mass is 10.2. The van der Waals surface area contributed by atoms with Crippen molar-refractivity contribution in [3.05, 3.63) is 59.7 Å². The second-order valence-electron chi connectivity index (χ2n) is 7.01. The van der Waals surface area contributed by atoms with E-state index in [-0.39, 0.29) is 19.7 Å². The van der Waals surface area contributed by atoms with E-state index in [1.807, 2.05) is 36.1 Å². The monoisotopic (exact) mass is 426 g/mol. The number of para-hydroxylation sites is 1. The predicted octanol–water partition coefficient (Wildman–Crippen LogP) is 2.02. The number of piperazine rings is 1. The molecule has 1 atom stereocenters. The number of aliphatic hydroxyl groups is 1. The number of ether oxygens (including phenoxy) is 1. The highest BCUT2D eigenvalue weighted by molar-refractivity contribution is 7.89. The summed E-state index contributed by atoms with van der Waals surface area (Å²) in [7, 11) is -4.11. The van der Waals surface area contributed by atoms with Gasteiger partial charge in [0.05, 0.1) is 0 Å². The molecule has 6 nitrogen and oxygen atoms in total. The highest BCUT2D eigenvalue weighted by Crippen LogP contribution is 2.22. The van der Waals surface area contributed by atoms with E-state index in [2.05, 4.69) is 0 Å². The van der Waals surface area contributed by atoms with E-state index in [0.717, 1.165) is 22.0 Å². The Bertz CT molecular complexity index is 947. The van der Waals surface area contributed by atoms with Crippen LogP contribution in [0.2, 0.25) is 0 Å². The summed E-state index contributed by atoms with van der Waals surface area (Å²) in [5.41, 5.74) is 0.975. The summed E-state index contributed by atoms with van der Waals surface area (Å²) in [5.74, 6) is -1.07. The molecule has 158 valence electrons. The number of halogens is 2. The summed E-state index contributed by atoms with van der Waals surface area (Å²) in [6.45, 7) is 3.37. The maximum Gasteiger partial charge on any atom is 0.246 e. The van der Waals surface area contributed by atoms with Crippen LogP contribution >= 0.6 is 0 Å². The minimum absolute atomic E-state index is 0.123. The van der Waals surface area contributed by atoms with Gasteiger partial charge in [-0.05, 0) is 36.8 Å². The Morgan fingerprint density at radius 1 is 1.10 bits per heavy atom. The van der Waals surface area contributed by atoms with Crippen molar-refractivity contribution < 1.29 is 27.0 Å². The van der Waals surface area contributed by atoms with Crippen LogP contribution in [0.15, 0.2) is 47.4 Å². The first-order chi connectivity index (χ1) is 13.8. The second-order valence-corrected chi connectivity index (χ2v) is 8.92. The molecule has 1 fully saturated rings. The van der Waals surface area contributed by atoms with Gasteiger partial charge in [-0.3, -0.25) is 4.90 Å². The average Bonchev–Trinajstić information content (AvgIpc) is 2.69. The number of hydrogen-bond acceptors (Lipinski definition) is 5. The van der Waals surface area contributed by atoms with E-state index >= 15 is 0 Å². The SMILES string of the molecule is Cc1ccccc1OCC(O)CN1CCN(S(=O)(=O)c2cc(F)ccc2F)CC1. The van der Waals surface area contributed by atoms with E-state index in [9.17, 15) is 22.3 Å². The van der Waals surface area contributed by atoms with Crippen LogP contribution in [0, 0.1) is 18.6 Å². The van der Waals surface area contributed by atoms with Crippen molar-refractivity contribution in [1.82, 2.24) is 9.21 Å². The standard InChI is InChI=1S/C20H24F2N2O4S/c1-15-4-2-3-5-19(15)28-14-17(25)13-23-8-10-24(11-9-23)29(26,27)20-12-16(21)6-7-18(20)22/h2-7,12,17,25H,8-11,13-14H2,1H3. The van der Waals surface area contributed by atoms with Gasteiger partial charge in [-0.25, -0.2) is 17.2 Å². The number of β-amino-alcohol motifs (C(OH)–C–C–N with tert-alkyl or cyclic N) is 1. The summed E-state index contributed by atoms with van der Waals surface area (Å²) >= 11 is 0. The van der Waals surface area contributed by atoms with Crippen molar-refractivity contribution in [3.8, 4) is 5.75 Å². The molecule has 1 aliphatic heterocycles. The second kappa shape index (κ2) is 9.17. The zero-order valence-corrected chi connectivity index (χ0v) is 16.9. The van der Waals surface area contributed by atoms with Gasteiger partial charge in [-0.2, -0.15) is 4.31 Å². The summed E-state index contributed by atoms with van der Waals surface area (Å²) in [5, 5.41) is 10.2. The van der Waals surface area contributed by atoms with E-state index in [4.69, 9.17) is 4.74 Å². The molecule has 1 N–H and O–H groups in total. The Labute approximate surface area is 169 Å². The van der Waals surface area contributed by atoms with E-state index in [0.29, 0.717) is 31.5 Å². The van der Waals surface area contributed by atoms with Gasteiger partial charge in [-0.1, -0.05) is 18.2 Å². The lowest BCUT2D eigenvalue weighted by Crippen LogP contribution is -2.51. The lowest BCUT2D eigenvalue weighted by Gasteiger charge is -2.34. The van der Waals surface area contributed by atoms with Crippen molar-refractivity contribution >= 4 is 10.0 Å². The molecule has 1 aliphatic rings. The summed E-state index contributed by atoms with van der Waals surface area (Å²) < 4.78 is 59.3. The molecule has 1 unspecified atom stereocenters. The van der Waals surface area contributed by atoms with Gasteiger partial charge in [0, 0.05) is 32.7 Å². The van der Waals surface area contributed by atoms with Crippen molar-refractivity contribution in [3.63, 3.8) is 0 Å². The van der Waals surface area contributed by atoms with Crippen LogP contribution in [0.1, 0.15) is 5.56 Å².